The molecule has 2 aliphatic heterocycles. The summed E-state index contributed by atoms with van der Waals surface area (Å²) >= 11 is 5.55. The monoisotopic (exact) mass is 382 g/mol. The Labute approximate surface area is 165 Å². The summed E-state index contributed by atoms with van der Waals surface area (Å²) in [4.78, 5) is 17.6. The summed E-state index contributed by atoms with van der Waals surface area (Å²) in [6.07, 6.45) is 3.98. The van der Waals surface area contributed by atoms with Crippen molar-refractivity contribution < 1.29 is 4.79 Å². The van der Waals surface area contributed by atoms with Gasteiger partial charge in [0.2, 0.25) is 5.91 Å². The van der Waals surface area contributed by atoms with E-state index in [0.717, 1.165) is 50.4 Å². The van der Waals surface area contributed by atoms with Crippen molar-refractivity contribution >= 4 is 23.2 Å². The van der Waals surface area contributed by atoms with Crippen molar-refractivity contribution in [2.45, 2.75) is 85.0 Å². The van der Waals surface area contributed by atoms with Crippen LogP contribution in [-0.4, -0.2) is 58.2 Å². The van der Waals surface area contributed by atoms with E-state index in [2.05, 4.69) is 62.0 Å². The topological polar surface area (TPSA) is 47.6 Å². The number of hydrogen-bond donors (Lipinski definition) is 2. The predicted molar refractivity (Wildman–Crippen MR) is 112 cm³/mol. The molecule has 1 amide bonds. The largest absolute Gasteiger partial charge is 0.360 e. The second-order valence-corrected chi connectivity index (χ2v) is 8.98. The summed E-state index contributed by atoms with van der Waals surface area (Å²) in [6.45, 7) is 15.7. The van der Waals surface area contributed by atoms with Gasteiger partial charge in [0.15, 0.2) is 5.11 Å². The fourth-order valence-corrected chi connectivity index (χ4v) is 4.39. The molecule has 6 heteroatoms. The molecule has 0 saturated carbocycles. The third-order valence-corrected chi connectivity index (χ3v) is 6.54. The zero-order valence-corrected chi connectivity index (χ0v) is 18.3. The van der Waals surface area contributed by atoms with Gasteiger partial charge in [0, 0.05) is 38.5 Å². The van der Waals surface area contributed by atoms with Crippen LogP contribution in [0.15, 0.2) is 0 Å². The SMILES string of the molecule is CCC(C)CN1C(=O)C(C(C)CC)NC12CCN(C(=S)NC(C)C)CC2. The zero-order chi connectivity index (χ0) is 19.5. The summed E-state index contributed by atoms with van der Waals surface area (Å²) in [5.41, 5.74) is -0.196. The van der Waals surface area contributed by atoms with Crippen LogP contribution in [0, 0.1) is 11.8 Å². The molecule has 2 fully saturated rings. The maximum Gasteiger partial charge on any atom is 0.241 e. The maximum atomic E-state index is 13.2. The molecule has 3 unspecified atom stereocenters. The summed E-state index contributed by atoms with van der Waals surface area (Å²) in [7, 11) is 0. The first-order valence-corrected chi connectivity index (χ1v) is 10.8. The van der Waals surface area contributed by atoms with Crippen LogP contribution in [0.1, 0.15) is 67.2 Å². The number of nitrogens with one attached hydrogen (secondary N) is 2. The molecule has 2 saturated heterocycles. The minimum atomic E-state index is -0.196. The molecule has 5 nitrogen and oxygen atoms in total. The van der Waals surface area contributed by atoms with E-state index >= 15 is 0 Å². The average molecular weight is 383 g/mol. The fourth-order valence-electron chi connectivity index (χ4n) is 3.97. The molecule has 150 valence electrons. The van der Waals surface area contributed by atoms with Gasteiger partial charge in [0.25, 0.3) is 0 Å². The van der Waals surface area contributed by atoms with Gasteiger partial charge in [0.05, 0.1) is 11.7 Å². The number of carbonyl (C=O) groups excluding carboxylic acids is 1. The van der Waals surface area contributed by atoms with E-state index in [0.29, 0.717) is 23.8 Å². The molecule has 1 spiro atoms. The van der Waals surface area contributed by atoms with Crippen molar-refractivity contribution in [3.05, 3.63) is 0 Å². The first-order chi connectivity index (χ1) is 12.2. The van der Waals surface area contributed by atoms with Crippen molar-refractivity contribution in [1.82, 2.24) is 20.4 Å². The standard InChI is InChI=1S/C20H38N4OS/c1-7-15(5)13-24-18(25)17(16(6)8-2)22-20(24)9-11-23(12-10-20)19(26)21-14(3)4/h14-17,22H,7-13H2,1-6H3,(H,21,26). The average Bonchev–Trinajstić information content (AvgIpc) is 2.87. The van der Waals surface area contributed by atoms with Crippen LogP contribution in [0.2, 0.25) is 0 Å². The zero-order valence-electron chi connectivity index (χ0n) is 17.5. The molecule has 0 aromatic rings. The van der Waals surface area contributed by atoms with Gasteiger partial charge >= 0.3 is 0 Å². The third-order valence-electron chi connectivity index (χ3n) is 6.17. The number of hydrogen-bond acceptors (Lipinski definition) is 3. The second-order valence-electron chi connectivity index (χ2n) is 8.59. The van der Waals surface area contributed by atoms with Gasteiger partial charge in [-0.3, -0.25) is 10.1 Å². The van der Waals surface area contributed by atoms with Gasteiger partial charge in [0.1, 0.15) is 0 Å². The lowest BCUT2D eigenvalue weighted by atomic mass is 9.94. The van der Waals surface area contributed by atoms with E-state index in [4.69, 9.17) is 12.2 Å². The molecular formula is C20H38N4OS. The Hall–Kier alpha value is -0.880. The van der Waals surface area contributed by atoms with Crippen LogP contribution in [0.4, 0.5) is 0 Å². The highest BCUT2D eigenvalue weighted by atomic mass is 32.1. The van der Waals surface area contributed by atoms with Crippen molar-refractivity contribution in [2.24, 2.45) is 11.8 Å². The first kappa shape index (κ1) is 21.4. The van der Waals surface area contributed by atoms with E-state index in [-0.39, 0.29) is 11.7 Å². The Morgan fingerprint density at radius 2 is 1.85 bits per heavy atom. The second kappa shape index (κ2) is 8.87. The number of carbonyl (C=O) groups is 1. The number of piperidine rings is 1. The van der Waals surface area contributed by atoms with Gasteiger partial charge in [-0.05, 0) is 37.9 Å². The summed E-state index contributed by atoms with van der Waals surface area (Å²) < 4.78 is 0. The van der Waals surface area contributed by atoms with E-state index in [1.807, 2.05) is 0 Å². The Bertz CT molecular complexity index is 502. The summed E-state index contributed by atoms with van der Waals surface area (Å²) in [6, 6.07) is 0.303. The summed E-state index contributed by atoms with van der Waals surface area (Å²) in [5.74, 6) is 1.19. The maximum absolute atomic E-state index is 13.2. The van der Waals surface area contributed by atoms with Crippen molar-refractivity contribution in [1.29, 1.82) is 0 Å². The van der Waals surface area contributed by atoms with Crippen molar-refractivity contribution in [2.75, 3.05) is 19.6 Å². The highest BCUT2D eigenvalue weighted by Gasteiger charge is 2.52. The molecule has 0 aromatic heterocycles. The minimum Gasteiger partial charge on any atom is -0.360 e. The lowest BCUT2D eigenvalue weighted by Gasteiger charge is -2.46. The fraction of sp³-hybridized carbons (Fsp3) is 0.900. The number of likely N-dealkylation sites (tertiary alicyclic amines) is 1. The number of amides is 1. The van der Waals surface area contributed by atoms with Crippen molar-refractivity contribution in [3.8, 4) is 0 Å². The lowest BCUT2D eigenvalue weighted by molar-refractivity contribution is -0.134. The first-order valence-electron chi connectivity index (χ1n) is 10.4. The van der Waals surface area contributed by atoms with Crippen LogP contribution < -0.4 is 10.6 Å². The van der Waals surface area contributed by atoms with E-state index in [9.17, 15) is 4.79 Å². The quantitative estimate of drug-likeness (QED) is 0.692. The molecular weight excluding hydrogens is 344 g/mol. The summed E-state index contributed by atoms with van der Waals surface area (Å²) in [5, 5.41) is 7.96. The lowest BCUT2D eigenvalue weighted by Crippen LogP contribution is -2.61. The van der Waals surface area contributed by atoms with Crippen LogP contribution in [0.3, 0.4) is 0 Å². The normalized spacial score (nSPS) is 25.0. The molecule has 2 N–H and O–H groups in total. The molecule has 26 heavy (non-hydrogen) atoms. The third kappa shape index (κ3) is 4.50. The van der Waals surface area contributed by atoms with Crippen LogP contribution in [0.5, 0.6) is 0 Å². The molecule has 2 rings (SSSR count). The molecule has 2 heterocycles. The molecule has 0 radical (unpaired) electrons. The molecule has 0 bridgehead atoms. The minimum absolute atomic E-state index is 0.0450. The molecule has 0 aliphatic carbocycles. The van der Waals surface area contributed by atoms with Crippen LogP contribution in [-0.2, 0) is 4.79 Å². The highest BCUT2D eigenvalue weighted by Crippen LogP contribution is 2.35. The Morgan fingerprint density at radius 1 is 1.23 bits per heavy atom. The van der Waals surface area contributed by atoms with Gasteiger partial charge in [-0.25, -0.2) is 0 Å². The number of rotatable bonds is 6. The molecule has 2 aliphatic rings. The highest BCUT2D eigenvalue weighted by molar-refractivity contribution is 7.80. The molecule has 0 aromatic carbocycles. The Kier molecular flexibility index (Phi) is 7.31. The Morgan fingerprint density at radius 3 is 2.35 bits per heavy atom. The van der Waals surface area contributed by atoms with Crippen LogP contribution in [0.25, 0.3) is 0 Å². The van der Waals surface area contributed by atoms with Crippen molar-refractivity contribution in [3.63, 3.8) is 0 Å². The van der Waals surface area contributed by atoms with E-state index in [1.54, 1.807) is 0 Å². The van der Waals surface area contributed by atoms with Gasteiger partial charge < -0.3 is 15.1 Å². The van der Waals surface area contributed by atoms with Crippen LogP contribution >= 0.6 is 12.2 Å². The molecule has 3 atom stereocenters. The van der Waals surface area contributed by atoms with E-state index < -0.39 is 0 Å². The predicted octanol–water partition coefficient (Wildman–Crippen LogP) is 2.95. The smallest absolute Gasteiger partial charge is 0.241 e. The number of nitrogens with zero attached hydrogens (tertiary/aromatic N) is 2. The van der Waals surface area contributed by atoms with Gasteiger partial charge in [-0.1, -0.05) is 40.5 Å². The van der Waals surface area contributed by atoms with Gasteiger partial charge in [-0.2, -0.15) is 0 Å². The Balaban J connectivity index is 2.13. The van der Waals surface area contributed by atoms with Gasteiger partial charge in [-0.15, -0.1) is 0 Å². The number of thiocarbonyl (C=S) groups is 1. The van der Waals surface area contributed by atoms with E-state index in [1.165, 1.54) is 0 Å².